The van der Waals surface area contributed by atoms with Gasteiger partial charge < -0.3 is 24.6 Å². The molecular weight excluding hydrogens is 656 g/mol. The Balaban J connectivity index is 1.55. The quantitative estimate of drug-likeness (QED) is 0.359. The van der Waals surface area contributed by atoms with Crippen LogP contribution in [0.5, 0.6) is 17.2 Å². The Morgan fingerprint density at radius 3 is 2.37 bits per heavy atom. The Bertz CT molecular complexity index is 1700. The number of thioether (sulfide) groups is 1. The summed E-state index contributed by atoms with van der Waals surface area (Å²) in [6.07, 6.45) is 3.61. The van der Waals surface area contributed by atoms with Crippen molar-refractivity contribution in [1.29, 1.82) is 0 Å². The molecule has 0 bridgehead atoms. The van der Waals surface area contributed by atoms with Crippen molar-refractivity contribution in [3.05, 3.63) is 57.8 Å². The third kappa shape index (κ3) is 5.98. The van der Waals surface area contributed by atoms with Gasteiger partial charge in [0.15, 0.2) is 17.3 Å². The Kier molecular flexibility index (Phi) is 9.70. The topological polar surface area (TPSA) is 149 Å². The number of ether oxygens (including phenoxy) is 3. The second-order valence-corrected chi connectivity index (χ2v) is 15.0. The number of allylic oxidation sites excluding steroid dienone is 1. The maximum atomic E-state index is 14.3. The molecule has 1 amide bonds. The van der Waals surface area contributed by atoms with E-state index in [0.29, 0.717) is 18.4 Å². The highest BCUT2D eigenvalue weighted by molar-refractivity contribution is 7.98. The molecule has 3 atom stereocenters. The number of fused-ring (bicyclic) bond motifs is 1. The largest absolute Gasteiger partial charge is 0.507 e. The lowest BCUT2D eigenvalue weighted by Gasteiger charge is -2.39. The zero-order valence-corrected chi connectivity index (χ0v) is 28.6. The van der Waals surface area contributed by atoms with Gasteiger partial charge in [0.25, 0.3) is 0 Å². The predicted molar refractivity (Wildman–Crippen MR) is 174 cm³/mol. The minimum absolute atomic E-state index is 0.0194. The van der Waals surface area contributed by atoms with E-state index in [1.807, 2.05) is 18.4 Å². The summed E-state index contributed by atoms with van der Waals surface area (Å²) in [5, 5.41) is 15.1. The molecule has 2 aromatic carbocycles. The first-order valence-electron chi connectivity index (χ1n) is 14.8. The first kappa shape index (κ1) is 34.1. The summed E-state index contributed by atoms with van der Waals surface area (Å²) in [6, 6.07) is 8.51. The van der Waals surface area contributed by atoms with Crippen LogP contribution in [0.4, 0.5) is 0 Å². The lowest BCUT2D eigenvalue weighted by Crippen LogP contribution is -2.53. The standard InChI is InChI=1S/C32H37ClN2O9S2/c1-17-14-22(36)26(30(38)32(17)31(39)27-23(42-2)16-24(43-3)28(33)29(27)44-32)21(18-6-8-20(45-4)9-7-18)15-25(37)34-19-10-12-35(13-11-19)46(5,40)41/h6-9,16-17,19,21,38H,10-15H2,1-5H3,(H,34,37)/t17-,21?,32+/m1/s1. The minimum atomic E-state index is -3.33. The van der Waals surface area contributed by atoms with Gasteiger partial charge in [-0.2, -0.15) is 0 Å². The first-order valence-corrected chi connectivity index (χ1v) is 18.2. The van der Waals surface area contributed by atoms with Gasteiger partial charge in [-0.3, -0.25) is 14.4 Å². The van der Waals surface area contributed by atoms with Gasteiger partial charge in [0.2, 0.25) is 27.3 Å². The molecule has 1 spiro atoms. The molecule has 2 heterocycles. The maximum Gasteiger partial charge on any atom is 0.231 e. The van der Waals surface area contributed by atoms with Crippen molar-refractivity contribution in [2.24, 2.45) is 5.92 Å². The van der Waals surface area contributed by atoms with E-state index in [-0.39, 0.29) is 71.3 Å². The maximum absolute atomic E-state index is 14.3. The van der Waals surface area contributed by atoms with Crippen LogP contribution in [-0.4, -0.2) is 86.8 Å². The number of amides is 1. The summed E-state index contributed by atoms with van der Waals surface area (Å²) < 4.78 is 42.4. The van der Waals surface area contributed by atoms with Crippen molar-refractivity contribution in [1.82, 2.24) is 9.62 Å². The molecule has 1 fully saturated rings. The molecule has 248 valence electrons. The van der Waals surface area contributed by atoms with Crippen molar-refractivity contribution in [2.75, 3.05) is 39.8 Å². The van der Waals surface area contributed by atoms with Crippen LogP contribution in [-0.2, 0) is 19.6 Å². The number of Topliss-reactive ketones (excluding diaryl/α,β-unsaturated/α-hetero) is 2. The Morgan fingerprint density at radius 1 is 1.17 bits per heavy atom. The molecule has 0 aromatic heterocycles. The molecule has 2 aromatic rings. The van der Waals surface area contributed by atoms with E-state index in [4.69, 9.17) is 25.8 Å². The molecule has 46 heavy (non-hydrogen) atoms. The molecule has 1 saturated heterocycles. The fraction of sp³-hybridized carbons (Fsp3) is 0.469. The summed E-state index contributed by atoms with van der Waals surface area (Å²) in [7, 11) is -0.542. The Morgan fingerprint density at radius 2 is 1.80 bits per heavy atom. The number of halogens is 1. The second-order valence-electron chi connectivity index (χ2n) is 11.8. The minimum Gasteiger partial charge on any atom is -0.507 e. The molecule has 0 saturated carbocycles. The van der Waals surface area contributed by atoms with Crippen molar-refractivity contribution >= 4 is 50.9 Å². The fourth-order valence-corrected chi connectivity index (χ4v) is 8.11. The van der Waals surface area contributed by atoms with E-state index in [0.717, 1.165) is 11.2 Å². The zero-order valence-electron chi connectivity index (χ0n) is 26.2. The van der Waals surface area contributed by atoms with E-state index < -0.39 is 44.8 Å². The van der Waals surface area contributed by atoms with E-state index in [1.165, 1.54) is 36.4 Å². The molecule has 5 rings (SSSR count). The average Bonchev–Trinajstić information content (AvgIpc) is 3.34. The summed E-state index contributed by atoms with van der Waals surface area (Å²) >= 11 is 8.11. The molecule has 1 aliphatic carbocycles. The molecule has 2 N–H and O–H groups in total. The van der Waals surface area contributed by atoms with E-state index >= 15 is 0 Å². The number of aliphatic hydroxyl groups excluding tert-OH is 1. The van der Waals surface area contributed by atoms with Crippen LogP contribution in [0.15, 0.2) is 46.6 Å². The van der Waals surface area contributed by atoms with Crippen LogP contribution in [0.2, 0.25) is 5.02 Å². The normalized spacial score (nSPS) is 22.9. The number of piperidine rings is 1. The van der Waals surface area contributed by atoms with Crippen molar-refractivity contribution in [3.63, 3.8) is 0 Å². The van der Waals surface area contributed by atoms with Gasteiger partial charge in [-0.15, -0.1) is 11.8 Å². The summed E-state index contributed by atoms with van der Waals surface area (Å²) in [5.41, 5.74) is -1.44. The molecular formula is C32H37ClN2O9S2. The highest BCUT2D eigenvalue weighted by Gasteiger charge is 2.61. The summed E-state index contributed by atoms with van der Waals surface area (Å²) in [4.78, 5) is 42.6. The number of benzene rings is 2. The number of hydrogen-bond donors (Lipinski definition) is 2. The van der Waals surface area contributed by atoms with E-state index in [2.05, 4.69) is 5.32 Å². The number of ketones is 2. The van der Waals surface area contributed by atoms with Gasteiger partial charge in [0, 0.05) is 60.3 Å². The monoisotopic (exact) mass is 692 g/mol. The van der Waals surface area contributed by atoms with Crippen LogP contribution >= 0.6 is 23.4 Å². The average molecular weight is 693 g/mol. The molecule has 1 unspecified atom stereocenters. The third-order valence-corrected chi connectivity index (χ3v) is 11.5. The zero-order chi connectivity index (χ0) is 33.6. The van der Waals surface area contributed by atoms with Gasteiger partial charge in [-0.25, -0.2) is 12.7 Å². The van der Waals surface area contributed by atoms with Crippen LogP contribution in [0.1, 0.15) is 54.4 Å². The number of sulfonamides is 1. The predicted octanol–water partition coefficient (Wildman–Crippen LogP) is 4.53. The van der Waals surface area contributed by atoms with E-state index in [1.54, 1.807) is 19.1 Å². The van der Waals surface area contributed by atoms with Crippen LogP contribution in [0.25, 0.3) is 0 Å². The van der Waals surface area contributed by atoms with Crippen LogP contribution in [0.3, 0.4) is 0 Å². The van der Waals surface area contributed by atoms with Crippen molar-refractivity contribution in [2.45, 2.75) is 55.1 Å². The number of methoxy groups -OCH3 is 2. The van der Waals surface area contributed by atoms with Crippen molar-refractivity contribution in [3.8, 4) is 17.2 Å². The highest BCUT2D eigenvalue weighted by atomic mass is 35.5. The van der Waals surface area contributed by atoms with E-state index in [9.17, 15) is 27.9 Å². The second kappa shape index (κ2) is 13.1. The summed E-state index contributed by atoms with van der Waals surface area (Å²) in [6.45, 7) is 2.21. The number of carbonyl (C=O) groups is 3. The number of nitrogens with zero attached hydrogens (tertiary/aromatic N) is 1. The van der Waals surface area contributed by atoms with Crippen LogP contribution in [0, 0.1) is 5.92 Å². The third-order valence-electron chi connectivity index (χ3n) is 9.06. The molecule has 3 aliphatic rings. The van der Waals surface area contributed by atoms with Gasteiger partial charge in [-0.05, 0) is 36.8 Å². The smallest absolute Gasteiger partial charge is 0.231 e. The molecule has 2 aliphatic heterocycles. The Hall–Kier alpha value is -3.26. The summed E-state index contributed by atoms with van der Waals surface area (Å²) in [5.74, 6) is -3.35. The number of rotatable bonds is 9. The van der Waals surface area contributed by atoms with Gasteiger partial charge in [0.05, 0.1) is 20.5 Å². The lowest BCUT2D eigenvalue weighted by molar-refractivity contribution is -0.122. The van der Waals surface area contributed by atoms with Gasteiger partial charge in [-0.1, -0.05) is 30.7 Å². The Labute approximate surface area is 277 Å². The molecule has 11 nitrogen and oxygen atoms in total. The first-order chi connectivity index (χ1) is 21.8. The number of aliphatic hydroxyl groups is 1. The highest BCUT2D eigenvalue weighted by Crippen LogP contribution is 2.55. The van der Waals surface area contributed by atoms with Crippen LogP contribution < -0.4 is 19.5 Å². The van der Waals surface area contributed by atoms with Gasteiger partial charge in [0.1, 0.15) is 22.1 Å². The molecule has 14 heteroatoms. The lowest BCUT2D eigenvalue weighted by atomic mass is 9.69. The SMILES string of the molecule is COc1cc(OC)c2c(c1Cl)O[C@]1(C2=O)C(O)=C(C(CC(=O)NC2CCN(S(C)(=O)=O)CC2)c2ccc(SC)cc2)C(=O)C[C@H]1C. The molecule has 0 radical (unpaired) electrons. The van der Waals surface area contributed by atoms with Gasteiger partial charge >= 0.3 is 0 Å². The number of carbonyl (C=O) groups excluding carboxylic acids is 3. The number of nitrogens with one attached hydrogen (secondary N) is 1. The van der Waals surface area contributed by atoms with Crippen molar-refractivity contribution < 1.29 is 42.1 Å². The number of hydrogen-bond acceptors (Lipinski definition) is 10. The fourth-order valence-electron chi connectivity index (χ4n) is 6.57.